The summed E-state index contributed by atoms with van der Waals surface area (Å²) in [5.41, 5.74) is 2.51. The van der Waals surface area contributed by atoms with Crippen molar-refractivity contribution in [3.05, 3.63) is 23.8 Å². The van der Waals surface area contributed by atoms with Gasteiger partial charge in [0.05, 0.1) is 12.2 Å². The summed E-state index contributed by atoms with van der Waals surface area (Å²) < 4.78 is 6.16. The van der Waals surface area contributed by atoms with Crippen molar-refractivity contribution in [1.82, 2.24) is 10.2 Å². The fraction of sp³-hybridized carbons (Fsp3) is 0.600. The summed E-state index contributed by atoms with van der Waals surface area (Å²) >= 11 is 0. The Bertz CT molecular complexity index is 443. The molecule has 1 fully saturated rings. The van der Waals surface area contributed by atoms with E-state index >= 15 is 0 Å². The summed E-state index contributed by atoms with van der Waals surface area (Å²) in [7, 11) is 2.16. The van der Waals surface area contributed by atoms with Crippen LogP contribution < -0.4 is 15.0 Å². The molecule has 1 unspecified atom stereocenters. The van der Waals surface area contributed by atoms with E-state index in [0.717, 1.165) is 45.0 Å². The SMILES string of the molecule is Cc1ccc2c(c1)N(C)CC(CN1CCNCC1)O2. The third kappa shape index (κ3) is 2.85. The van der Waals surface area contributed by atoms with Crippen LogP contribution in [-0.4, -0.2) is 57.3 Å². The van der Waals surface area contributed by atoms with E-state index in [9.17, 15) is 0 Å². The second-order valence-electron chi connectivity index (χ2n) is 5.64. The zero-order valence-corrected chi connectivity index (χ0v) is 11.9. The molecule has 0 radical (unpaired) electrons. The van der Waals surface area contributed by atoms with Crippen molar-refractivity contribution in [2.75, 3.05) is 51.2 Å². The molecule has 4 nitrogen and oxygen atoms in total. The molecular formula is C15H23N3O. The monoisotopic (exact) mass is 261 g/mol. The Hall–Kier alpha value is -1.26. The number of piperazine rings is 1. The van der Waals surface area contributed by atoms with Gasteiger partial charge in [0.25, 0.3) is 0 Å². The van der Waals surface area contributed by atoms with Gasteiger partial charge in [-0.15, -0.1) is 0 Å². The van der Waals surface area contributed by atoms with E-state index in [1.165, 1.54) is 11.3 Å². The zero-order chi connectivity index (χ0) is 13.2. The number of rotatable bonds is 2. The van der Waals surface area contributed by atoms with Crippen molar-refractivity contribution >= 4 is 5.69 Å². The Balaban J connectivity index is 1.68. The fourth-order valence-electron chi connectivity index (χ4n) is 2.92. The zero-order valence-electron chi connectivity index (χ0n) is 11.9. The number of hydrogen-bond acceptors (Lipinski definition) is 4. The van der Waals surface area contributed by atoms with Crippen LogP contribution in [0.3, 0.4) is 0 Å². The van der Waals surface area contributed by atoms with E-state index in [1.54, 1.807) is 0 Å². The molecule has 0 spiro atoms. The number of fused-ring (bicyclic) bond motifs is 1. The first-order valence-corrected chi connectivity index (χ1v) is 7.14. The van der Waals surface area contributed by atoms with Crippen molar-refractivity contribution in [2.24, 2.45) is 0 Å². The van der Waals surface area contributed by atoms with Crippen LogP contribution in [0.1, 0.15) is 5.56 Å². The van der Waals surface area contributed by atoms with Crippen molar-refractivity contribution in [2.45, 2.75) is 13.0 Å². The molecule has 4 heteroatoms. The van der Waals surface area contributed by atoms with Gasteiger partial charge in [-0.25, -0.2) is 0 Å². The minimum atomic E-state index is 0.276. The Morgan fingerprint density at radius 3 is 2.89 bits per heavy atom. The molecule has 0 aromatic heterocycles. The molecule has 2 aliphatic rings. The van der Waals surface area contributed by atoms with Gasteiger partial charge in [0.2, 0.25) is 0 Å². The van der Waals surface area contributed by atoms with Crippen LogP contribution in [0.2, 0.25) is 0 Å². The summed E-state index contributed by atoms with van der Waals surface area (Å²) in [5.74, 6) is 1.03. The number of hydrogen-bond donors (Lipinski definition) is 1. The van der Waals surface area contributed by atoms with Crippen LogP contribution in [-0.2, 0) is 0 Å². The lowest BCUT2D eigenvalue weighted by Gasteiger charge is -2.37. The third-order valence-corrected chi connectivity index (χ3v) is 3.97. The fourth-order valence-corrected chi connectivity index (χ4v) is 2.92. The summed E-state index contributed by atoms with van der Waals surface area (Å²) in [6.45, 7) is 8.58. The average molecular weight is 261 g/mol. The maximum Gasteiger partial charge on any atom is 0.143 e. The normalized spacial score (nSPS) is 23.9. The van der Waals surface area contributed by atoms with Gasteiger partial charge in [-0.2, -0.15) is 0 Å². The first-order chi connectivity index (χ1) is 9.22. The van der Waals surface area contributed by atoms with Crippen molar-refractivity contribution in [1.29, 1.82) is 0 Å². The van der Waals surface area contributed by atoms with Gasteiger partial charge >= 0.3 is 0 Å². The molecule has 2 aliphatic heterocycles. The van der Waals surface area contributed by atoms with Crippen molar-refractivity contribution in [3.8, 4) is 5.75 Å². The lowest BCUT2D eigenvalue weighted by molar-refractivity contribution is 0.121. The molecule has 0 aliphatic carbocycles. The van der Waals surface area contributed by atoms with Gasteiger partial charge in [-0.1, -0.05) is 6.07 Å². The minimum Gasteiger partial charge on any atom is -0.485 e. The van der Waals surface area contributed by atoms with Gasteiger partial charge in [0, 0.05) is 39.8 Å². The molecule has 19 heavy (non-hydrogen) atoms. The first-order valence-electron chi connectivity index (χ1n) is 7.14. The molecule has 3 rings (SSSR count). The Labute approximate surface area is 115 Å². The Morgan fingerprint density at radius 1 is 1.32 bits per heavy atom. The van der Waals surface area contributed by atoms with Gasteiger partial charge in [-0.05, 0) is 24.6 Å². The highest BCUT2D eigenvalue weighted by atomic mass is 16.5. The van der Waals surface area contributed by atoms with Crippen LogP contribution in [0.4, 0.5) is 5.69 Å². The maximum atomic E-state index is 6.16. The number of aryl methyl sites for hydroxylation is 1. The number of benzene rings is 1. The molecule has 0 amide bonds. The molecule has 1 aromatic rings. The van der Waals surface area contributed by atoms with E-state index < -0.39 is 0 Å². The average Bonchev–Trinajstić information content (AvgIpc) is 2.41. The van der Waals surface area contributed by atoms with Crippen molar-refractivity contribution < 1.29 is 4.74 Å². The van der Waals surface area contributed by atoms with E-state index in [-0.39, 0.29) is 6.10 Å². The Morgan fingerprint density at radius 2 is 2.11 bits per heavy atom. The smallest absolute Gasteiger partial charge is 0.143 e. The van der Waals surface area contributed by atoms with Crippen LogP contribution in [0.25, 0.3) is 0 Å². The van der Waals surface area contributed by atoms with E-state index in [1.807, 2.05) is 0 Å². The molecule has 1 atom stereocenters. The summed E-state index contributed by atoms with van der Waals surface area (Å²) in [6.07, 6.45) is 0.276. The number of nitrogens with one attached hydrogen (secondary N) is 1. The van der Waals surface area contributed by atoms with Crippen molar-refractivity contribution in [3.63, 3.8) is 0 Å². The molecule has 104 valence electrons. The maximum absolute atomic E-state index is 6.16. The summed E-state index contributed by atoms with van der Waals surface area (Å²) in [4.78, 5) is 4.81. The van der Waals surface area contributed by atoms with E-state index in [2.05, 4.69) is 47.3 Å². The minimum absolute atomic E-state index is 0.276. The van der Waals surface area contributed by atoms with Crippen LogP contribution in [0.5, 0.6) is 5.75 Å². The molecule has 0 bridgehead atoms. The van der Waals surface area contributed by atoms with Crippen LogP contribution in [0, 0.1) is 6.92 Å². The lowest BCUT2D eigenvalue weighted by Crippen LogP contribution is -2.50. The van der Waals surface area contributed by atoms with Crippen LogP contribution in [0.15, 0.2) is 18.2 Å². The highest BCUT2D eigenvalue weighted by molar-refractivity contribution is 5.61. The number of nitrogens with zero attached hydrogens (tertiary/aromatic N) is 2. The van der Waals surface area contributed by atoms with Crippen LogP contribution >= 0.6 is 0 Å². The van der Waals surface area contributed by atoms with E-state index in [4.69, 9.17) is 4.74 Å². The standard InChI is InChI=1S/C15H23N3O/c1-12-3-4-15-14(9-12)17(2)10-13(19-15)11-18-7-5-16-6-8-18/h3-4,9,13,16H,5-8,10-11H2,1-2H3. The van der Waals surface area contributed by atoms with Gasteiger partial charge in [0.15, 0.2) is 0 Å². The second-order valence-corrected chi connectivity index (χ2v) is 5.64. The molecule has 0 saturated carbocycles. The summed E-state index contributed by atoms with van der Waals surface area (Å²) in [5, 5.41) is 3.39. The molecule has 1 aromatic carbocycles. The van der Waals surface area contributed by atoms with E-state index in [0.29, 0.717) is 0 Å². The lowest BCUT2D eigenvalue weighted by atomic mass is 10.1. The molecule has 1 saturated heterocycles. The predicted molar refractivity (Wildman–Crippen MR) is 78.2 cm³/mol. The number of likely N-dealkylation sites (N-methyl/N-ethyl adjacent to an activating group) is 1. The quantitative estimate of drug-likeness (QED) is 0.863. The van der Waals surface area contributed by atoms with Gasteiger partial charge in [-0.3, -0.25) is 4.90 Å². The number of anilines is 1. The topological polar surface area (TPSA) is 27.7 Å². The summed E-state index contributed by atoms with van der Waals surface area (Å²) in [6, 6.07) is 6.43. The highest BCUT2D eigenvalue weighted by Gasteiger charge is 2.25. The molecule has 2 heterocycles. The Kier molecular flexibility index (Phi) is 3.62. The third-order valence-electron chi connectivity index (χ3n) is 3.97. The predicted octanol–water partition coefficient (Wildman–Crippen LogP) is 1.10. The second kappa shape index (κ2) is 5.39. The highest BCUT2D eigenvalue weighted by Crippen LogP contribution is 2.33. The van der Waals surface area contributed by atoms with Gasteiger partial charge in [0.1, 0.15) is 11.9 Å². The molecular weight excluding hydrogens is 238 g/mol. The van der Waals surface area contributed by atoms with Gasteiger partial charge < -0.3 is 15.0 Å². The molecule has 1 N–H and O–H groups in total. The first kappa shape index (κ1) is 12.8. The number of ether oxygens (including phenoxy) is 1. The largest absolute Gasteiger partial charge is 0.485 e.